The van der Waals surface area contributed by atoms with Crippen LogP contribution in [-0.4, -0.2) is 6.79 Å². The van der Waals surface area contributed by atoms with Crippen LogP contribution >= 0.6 is 0 Å². The van der Waals surface area contributed by atoms with E-state index in [4.69, 9.17) is 4.79 Å². The second-order valence-electron chi connectivity index (χ2n) is 1.09. The molecule has 2 heteroatoms. The van der Waals surface area contributed by atoms with Gasteiger partial charge in [0, 0.05) is 16.8 Å². The molecule has 0 aliphatic heterocycles. The van der Waals surface area contributed by atoms with Gasteiger partial charge in [0.15, 0.2) is 0 Å². The summed E-state index contributed by atoms with van der Waals surface area (Å²) in [5, 5.41) is 0. The molecule has 1 aliphatic rings. The maximum atomic E-state index is 7.75. The fraction of sp³-hybridized carbons (Fsp3) is 0.167. The number of hydrogen-bond donors (Lipinski definition) is 0. The monoisotopic (exact) mass is 154 g/mol. The largest absolute Gasteiger partial charge is 0.545 e. The SMILES string of the molecule is C1=CCC=C1.[CH-]=O.[Co]. The Morgan fingerprint density at radius 2 is 1.50 bits per heavy atom. The average Bonchev–Trinajstić information content (AvgIpc) is 2.23. The van der Waals surface area contributed by atoms with Crippen molar-refractivity contribution in [3.05, 3.63) is 24.3 Å². The molecule has 0 amide bonds. The van der Waals surface area contributed by atoms with Crippen molar-refractivity contribution in [3.8, 4) is 0 Å². The second kappa shape index (κ2) is 9.82. The zero-order valence-corrected chi connectivity index (χ0v) is 5.38. The number of rotatable bonds is 0. The molecule has 0 atom stereocenters. The maximum Gasteiger partial charge on any atom is 0 e. The van der Waals surface area contributed by atoms with Gasteiger partial charge in [0.25, 0.3) is 0 Å². The third-order valence-corrected chi connectivity index (χ3v) is 0.655. The quantitative estimate of drug-likeness (QED) is 0.378. The van der Waals surface area contributed by atoms with E-state index < -0.39 is 0 Å². The maximum absolute atomic E-state index is 7.75. The first-order valence-electron chi connectivity index (χ1n) is 2.05. The van der Waals surface area contributed by atoms with Crippen molar-refractivity contribution >= 4 is 6.79 Å². The fourth-order valence-corrected chi connectivity index (χ4v) is 0.393. The van der Waals surface area contributed by atoms with Crippen molar-refractivity contribution < 1.29 is 21.6 Å². The van der Waals surface area contributed by atoms with Crippen LogP contribution in [0.2, 0.25) is 0 Å². The summed E-state index contributed by atoms with van der Waals surface area (Å²) in [6.07, 6.45) is 9.50. The molecule has 47 valence electrons. The van der Waals surface area contributed by atoms with E-state index in [-0.39, 0.29) is 16.8 Å². The standard InChI is InChI=1S/C5H6.CHO.Co/c1-2-4-5-3-1;1-2;/h1-4H,5H2;1H;/q;-1;. The normalized spacial score (nSPS) is 11.5. The van der Waals surface area contributed by atoms with Crippen molar-refractivity contribution in [2.45, 2.75) is 6.42 Å². The zero-order valence-electron chi connectivity index (χ0n) is 4.34. The van der Waals surface area contributed by atoms with Crippen LogP contribution in [0.1, 0.15) is 6.42 Å². The van der Waals surface area contributed by atoms with Gasteiger partial charge < -0.3 is 4.79 Å². The summed E-state index contributed by atoms with van der Waals surface area (Å²) in [4.78, 5) is 7.75. The van der Waals surface area contributed by atoms with Crippen LogP contribution in [-0.2, 0) is 21.6 Å². The van der Waals surface area contributed by atoms with Crippen LogP contribution in [0.15, 0.2) is 24.3 Å². The Labute approximate surface area is 59.7 Å². The Bertz CT molecular complexity index is 76.5. The Hall–Kier alpha value is -0.344. The van der Waals surface area contributed by atoms with E-state index >= 15 is 0 Å². The number of carbonyl (C=O) groups excluding carboxylic acids is 1. The molecule has 0 spiro atoms. The number of hydrogen-bond acceptors (Lipinski definition) is 1. The summed E-state index contributed by atoms with van der Waals surface area (Å²) in [6.45, 7) is 3.25. The van der Waals surface area contributed by atoms with Crippen molar-refractivity contribution in [2.24, 2.45) is 0 Å². The molecule has 0 saturated carbocycles. The Morgan fingerprint density at radius 1 is 1.12 bits per heavy atom. The minimum absolute atomic E-state index is 0. The average molecular weight is 154 g/mol. The summed E-state index contributed by atoms with van der Waals surface area (Å²) < 4.78 is 0. The molecule has 0 bridgehead atoms. The second-order valence-corrected chi connectivity index (χ2v) is 1.09. The third-order valence-electron chi connectivity index (χ3n) is 0.655. The van der Waals surface area contributed by atoms with Gasteiger partial charge >= 0.3 is 0 Å². The molecule has 0 N–H and O–H groups in total. The Morgan fingerprint density at radius 3 is 1.62 bits per heavy atom. The molecule has 1 radical (unpaired) electrons. The van der Waals surface area contributed by atoms with Crippen molar-refractivity contribution in [1.29, 1.82) is 0 Å². The summed E-state index contributed by atoms with van der Waals surface area (Å²) in [6, 6.07) is 0. The Balaban J connectivity index is 0. The van der Waals surface area contributed by atoms with E-state index in [9.17, 15) is 0 Å². The van der Waals surface area contributed by atoms with E-state index in [2.05, 4.69) is 31.1 Å². The summed E-state index contributed by atoms with van der Waals surface area (Å²) in [7, 11) is 0. The molecular formula is C6H7CoO-. The van der Waals surface area contributed by atoms with Gasteiger partial charge in [-0.2, -0.15) is 0 Å². The van der Waals surface area contributed by atoms with Gasteiger partial charge in [0.1, 0.15) is 0 Å². The van der Waals surface area contributed by atoms with Crippen LogP contribution in [0.5, 0.6) is 0 Å². The fourth-order valence-electron chi connectivity index (χ4n) is 0.393. The van der Waals surface area contributed by atoms with Crippen LogP contribution in [0.25, 0.3) is 0 Å². The van der Waals surface area contributed by atoms with Gasteiger partial charge in [-0.15, -0.1) is 0 Å². The van der Waals surface area contributed by atoms with E-state index in [0.717, 1.165) is 6.42 Å². The number of allylic oxidation sites excluding steroid dienone is 4. The topological polar surface area (TPSA) is 17.1 Å². The molecule has 0 heterocycles. The van der Waals surface area contributed by atoms with Crippen molar-refractivity contribution in [3.63, 3.8) is 0 Å². The van der Waals surface area contributed by atoms with Gasteiger partial charge in [-0.25, -0.2) is 0 Å². The van der Waals surface area contributed by atoms with E-state index in [1.54, 1.807) is 0 Å². The predicted molar refractivity (Wildman–Crippen MR) is 29.6 cm³/mol. The van der Waals surface area contributed by atoms with Crippen LogP contribution < -0.4 is 0 Å². The van der Waals surface area contributed by atoms with Gasteiger partial charge in [0.05, 0.1) is 0 Å². The first-order valence-corrected chi connectivity index (χ1v) is 2.05. The van der Waals surface area contributed by atoms with Crippen LogP contribution in [0, 0.1) is 0 Å². The molecule has 0 unspecified atom stereocenters. The zero-order chi connectivity index (χ0) is 5.54. The minimum Gasteiger partial charge on any atom is -0.545 e. The molecule has 0 saturated heterocycles. The van der Waals surface area contributed by atoms with Gasteiger partial charge in [-0.1, -0.05) is 24.3 Å². The van der Waals surface area contributed by atoms with Gasteiger partial charge in [-0.05, 0) is 6.42 Å². The Kier molecular flexibility index (Phi) is 13.0. The van der Waals surface area contributed by atoms with E-state index in [1.165, 1.54) is 0 Å². The minimum atomic E-state index is 0. The first kappa shape index (κ1) is 10.6. The summed E-state index contributed by atoms with van der Waals surface area (Å²) in [5.74, 6) is 0. The van der Waals surface area contributed by atoms with Crippen LogP contribution in [0.3, 0.4) is 0 Å². The third kappa shape index (κ3) is 5.66. The smallest absolute Gasteiger partial charge is 0 e. The van der Waals surface area contributed by atoms with E-state index in [0.29, 0.717) is 0 Å². The van der Waals surface area contributed by atoms with Crippen LogP contribution in [0.4, 0.5) is 0 Å². The molecular weight excluding hydrogens is 147 g/mol. The molecule has 1 rings (SSSR count). The molecule has 0 fully saturated rings. The molecule has 0 aromatic heterocycles. The van der Waals surface area contributed by atoms with Gasteiger partial charge in [0.2, 0.25) is 0 Å². The molecule has 0 aromatic carbocycles. The predicted octanol–water partition coefficient (Wildman–Crippen LogP) is 1.23. The molecule has 8 heavy (non-hydrogen) atoms. The molecule has 0 aromatic rings. The first-order chi connectivity index (χ1) is 3.50. The van der Waals surface area contributed by atoms with E-state index in [1.807, 2.05) is 0 Å². The summed E-state index contributed by atoms with van der Waals surface area (Å²) >= 11 is 0. The van der Waals surface area contributed by atoms with Crippen molar-refractivity contribution in [2.75, 3.05) is 0 Å². The van der Waals surface area contributed by atoms with Gasteiger partial charge in [-0.3, -0.25) is 6.79 Å². The van der Waals surface area contributed by atoms with Crippen molar-refractivity contribution in [1.82, 2.24) is 0 Å². The molecule has 1 aliphatic carbocycles. The summed E-state index contributed by atoms with van der Waals surface area (Å²) in [5.41, 5.74) is 0. The molecule has 1 nitrogen and oxygen atoms in total.